The Labute approximate surface area is 271 Å². The Morgan fingerprint density at radius 2 is 1.86 bits per heavy atom. The normalized spacial score (nSPS) is 17.0. The Bertz CT molecular complexity index is 1600. The van der Waals surface area contributed by atoms with E-state index in [0.717, 1.165) is 32.6 Å². The monoisotopic (exact) mass is 650 g/mol. The third-order valence-electron chi connectivity index (χ3n) is 6.71. The molecule has 0 spiro atoms. The topological polar surface area (TPSA) is 89.5 Å². The van der Waals surface area contributed by atoms with Gasteiger partial charge in [-0.1, -0.05) is 42.1 Å². The van der Waals surface area contributed by atoms with Gasteiger partial charge in [0.1, 0.15) is 17.3 Å². The van der Waals surface area contributed by atoms with Crippen LogP contribution in [0.4, 0.5) is 22.7 Å². The van der Waals surface area contributed by atoms with Gasteiger partial charge in [-0.05, 0) is 68.7 Å². The van der Waals surface area contributed by atoms with Crippen LogP contribution in [0, 0.1) is 0 Å². The fourth-order valence-corrected chi connectivity index (χ4v) is 7.12. The molecule has 2 heterocycles. The molecule has 230 valence electrons. The Morgan fingerprint density at radius 1 is 1.07 bits per heavy atom. The van der Waals surface area contributed by atoms with Crippen LogP contribution < -0.4 is 20.3 Å². The molecule has 44 heavy (non-hydrogen) atoms. The number of amides is 2. The van der Waals surface area contributed by atoms with Crippen LogP contribution >= 0.6 is 35.1 Å². The van der Waals surface area contributed by atoms with Crippen molar-refractivity contribution in [2.24, 2.45) is 4.99 Å². The number of hydrogen-bond acceptors (Lipinski definition) is 9. The second-order valence-corrected chi connectivity index (χ2v) is 12.8. The maximum absolute atomic E-state index is 14.1. The van der Waals surface area contributed by atoms with E-state index in [1.165, 1.54) is 11.8 Å². The maximum atomic E-state index is 14.1. The van der Waals surface area contributed by atoms with Crippen molar-refractivity contribution >= 4 is 74.9 Å². The first kappa shape index (κ1) is 31.8. The van der Waals surface area contributed by atoms with Gasteiger partial charge in [-0.3, -0.25) is 14.5 Å². The largest absolute Gasteiger partial charge is 0.492 e. The fourth-order valence-electron chi connectivity index (χ4n) is 4.73. The minimum Gasteiger partial charge on any atom is -0.492 e. The number of thioether (sulfide) groups is 2. The Morgan fingerprint density at radius 3 is 2.59 bits per heavy atom. The summed E-state index contributed by atoms with van der Waals surface area (Å²) in [5, 5.41) is 7.71. The SMILES string of the molecule is CCNc1ccc(NC(=O)CN(C)C)cc1N=C1SC(=C2Sc3ccc(OCCCl)cc3N2C)C(=O)N1Cc1ccccc1. The molecule has 2 aliphatic heterocycles. The third-order valence-corrected chi connectivity index (χ3v) is 9.30. The predicted molar refractivity (Wildman–Crippen MR) is 183 cm³/mol. The Hall–Kier alpha value is -3.64. The van der Waals surface area contributed by atoms with Gasteiger partial charge in [-0.15, -0.1) is 11.6 Å². The number of carbonyl (C=O) groups excluding carboxylic acids is 2. The average Bonchev–Trinajstić information content (AvgIpc) is 3.48. The minimum absolute atomic E-state index is 0.112. The summed E-state index contributed by atoms with van der Waals surface area (Å²) >= 11 is 8.73. The lowest BCUT2D eigenvalue weighted by atomic mass is 10.2. The lowest BCUT2D eigenvalue weighted by Gasteiger charge is -2.18. The van der Waals surface area contributed by atoms with Crippen molar-refractivity contribution in [3.05, 3.63) is 82.2 Å². The third kappa shape index (κ3) is 7.35. The molecule has 0 saturated carbocycles. The molecule has 0 unspecified atom stereocenters. The molecule has 2 aliphatic rings. The molecule has 0 atom stereocenters. The summed E-state index contributed by atoms with van der Waals surface area (Å²) < 4.78 is 5.74. The molecule has 2 amide bonds. The zero-order chi connectivity index (χ0) is 31.2. The molecule has 9 nitrogen and oxygen atoms in total. The first-order valence-electron chi connectivity index (χ1n) is 14.2. The summed E-state index contributed by atoms with van der Waals surface area (Å²) in [4.78, 5) is 38.9. The molecular weight excluding hydrogens is 616 g/mol. The van der Waals surface area contributed by atoms with Crippen molar-refractivity contribution in [2.45, 2.75) is 18.4 Å². The summed E-state index contributed by atoms with van der Waals surface area (Å²) in [6.07, 6.45) is 0. The molecule has 1 fully saturated rings. The highest BCUT2D eigenvalue weighted by molar-refractivity contribution is 8.19. The van der Waals surface area contributed by atoms with E-state index in [0.29, 0.717) is 47.0 Å². The van der Waals surface area contributed by atoms with E-state index in [-0.39, 0.29) is 18.4 Å². The van der Waals surface area contributed by atoms with E-state index < -0.39 is 0 Å². The number of likely N-dealkylation sites (N-methyl/N-ethyl adjacent to an activating group) is 1. The van der Waals surface area contributed by atoms with Crippen LogP contribution in [0.2, 0.25) is 0 Å². The highest BCUT2D eigenvalue weighted by Crippen LogP contribution is 2.51. The quantitative estimate of drug-likeness (QED) is 0.182. The predicted octanol–water partition coefficient (Wildman–Crippen LogP) is 6.41. The van der Waals surface area contributed by atoms with Crippen molar-refractivity contribution in [3.63, 3.8) is 0 Å². The Balaban J connectivity index is 1.53. The number of amidine groups is 1. The number of hydrogen-bond donors (Lipinski definition) is 2. The lowest BCUT2D eigenvalue weighted by Crippen LogP contribution is -2.29. The van der Waals surface area contributed by atoms with Crippen LogP contribution in [0.5, 0.6) is 5.75 Å². The van der Waals surface area contributed by atoms with E-state index in [4.69, 9.17) is 21.3 Å². The number of fused-ring (bicyclic) bond motifs is 1. The molecule has 0 bridgehead atoms. The van der Waals surface area contributed by atoms with Crippen molar-refractivity contribution < 1.29 is 14.3 Å². The molecule has 12 heteroatoms. The molecule has 3 aromatic rings. The van der Waals surface area contributed by atoms with Crippen LogP contribution in [0.25, 0.3) is 0 Å². The lowest BCUT2D eigenvalue weighted by molar-refractivity contribution is -0.122. The van der Waals surface area contributed by atoms with E-state index in [2.05, 4.69) is 10.6 Å². The number of nitrogens with one attached hydrogen (secondary N) is 2. The van der Waals surface area contributed by atoms with Crippen molar-refractivity contribution in [1.82, 2.24) is 9.80 Å². The molecule has 3 aromatic carbocycles. The van der Waals surface area contributed by atoms with E-state index in [9.17, 15) is 9.59 Å². The van der Waals surface area contributed by atoms with Gasteiger partial charge >= 0.3 is 0 Å². The number of rotatable bonds is 11. The summed E-state index contributed by atoms with van der Waals surface area (Å²) in [6.45, 7) is 3.76. The van der Waals surface area contributed by atoms with Gasteiger partial charge in [-0.25, -0.2) is 4.99 Å². The van der Waals surface area contributed by atoms with Crippen molar-refractivity contribution in [2.75, 3.05) is 62.3 Å². The highest BCUT2D eigenvalue weighted by Gasteiger charge is 2.39. The van der Waals surface area contributed by atoms with Gasteiger partial charge in [-0.2, -0.15) is 0 Å². The number of ether oxygens (including phenoxy) is 1. The van der Waals surface area contributed by atoms with Gasteiger partial charge in [0, 0.05) is 30.2 Å². The number of halogens is 1. The summed E-state index contributed by atoms with van der Waals surface area (Å²) in [6, 6.07) is 21.4. The summed E-state index contributed by atoms with van der Waals surface area (Å²) in [7, 11) is 5.65. The highest BCUT2D eigenvalue weighted by atomic mass is 35.5. The smallest absolute Gasteiger partial charge is 0.269 e. The van der Waals surface area contributed by atoms with Crippen LogP contribution in [0.1, 0.15) is 12.5 Å². The second kappa shape index (κ2) is 14.4. The molecule has 5 rings (SSSR count). The molecule has 0 aliphatic carbocycles. The minimum atomic E-state index is -0.120. The van der Waals surface area contributed by atoms with Gasteiger partial charge in [0.15, 0.2) is 5.17 Å². The number of benzene rings is 3. The van der Waals surface area contributed by atoms with Crippen LogP contribution in [-0.2, 0) is 16.1 Å². The van der Waals surface area contributed by atoms with Gasteiger partial charge in [0.25, 0.3) is 5.91 Å². The van der Waals surface area contributed by atoms with E-state index in [1.807, 2.05) is 105 Å². The first-order valence-corrected chi connectivity index (χ1v) is 16.4. The number of anilines is 3. The number of carbonyl (C=O) groups is 2. The average molecular weight is 651 g/mol. The first-order chi connectivity index (χ1) is 21.3. The van der Waals surface area contributed by atoms with Crippen LogP contribution in [-0.4, -0.2) is 73.5 Å². The zero-order valence-corrected chi connectivity index (χ0v) is 27.5. The zero-order valence-electron chi connectivity index (χ0n) is 25.1. The van der Waals surface area contributed by atoms with E-state index >= 15 is 0 Å². The van der Waals surface area contributed by atoms with Gasteiger partial charge < -0.3 is 25.2 Å². The van der Waals surface area contributed by atoms with Crippen LogP contribution in [0.15, 0.2) is 86.6 Å². The van der Waals surface area contributed by atoms with Crippen LogP contribution in [0.3, 0.4) is 0 Å². The second-order valence-electron chi connectivity index (χ2n) is 10.4. The maximum Gasteiger partial charge on any atom is 0.269 e. The standard InChI is InChI=1S/C32H35ClN6O3S2/c1-5-34-24-13-11-22(35-28(40)20-37(2)3)17-25(24)36-32-39(19-21-9-7-6-8-10-21)30(41)29(44-32)31-38(4)26-18-23(42-16-15-33)12-14-27(26)43-31/h6-14,17-18,34H,5,15-16,19-20H2,1-4H3,(H,35,40). The van der Waals surface area contributed by atoms with Crippen molar-refractivity contribution in [1.29, 1.82) is 0 Å². The number of nitrogens with zero attached hydrogens (tertiary/aromatic N) is 4. The van der Waals surface area contributed by atoms with Gasteiger partial charge in [0.2, 0.25) is 5.91 Å². The molecule has 1 saturated heterocycles. The molecule has 0 radical (unpaired) electrons. The molecule has 2 N–H and O–H groups in total. The van der Waals surface area contributed by atoms with E-state index in [1.54, 1.807) is 16.7 Å². The molecular formula is C32H35ClN6O3S2. The molecule has 0 aromatic heterocycles. The fraction of sp³-hybridized carbons (Fsp3) is 0.281. The Kier molecular flexibility index (Phi) is 10.4. The number of aliphatic imine (C=N–C) groups is 1. The van der Waals surface area contributed by atoms with Crippen molar-refractivity contribution in [3.8, 4) is 5.75 Å². The van der Waals surface area contributed by atoms with Gasteiger partial charge in [0.05, 0.1) is 41.1 Å². The number of alkyl halides is 1. The summed E-state index contributed by atoms with van der Waals surface area (Å²) in [5.41, 5.74) is 4.03. The summed E-state index contributed by atoms with van der Waals surface area (Å²) in [5.74, 6) is 0.904.